The van der Waals surface area contributed by atoms with Crippen LogP contribution < -0.4 is 0 Å². The van der Waals surface area contributed by atoms with Gasteiger partial charge in [0, 0.05) is 0 Å². The molecule has 0 amide bonds. The molecular formula is C13H14Cl2O. The van der Waals surface area contributed by atoms with Gasteiger partial charge in [-0.05, 0) is 35.9 Å². The first kappa shape index (κ1) is 11.9. The minimum absolute atomic E-state index is 0.168. The largest absolute Gasteiger partial charge is 0.279 e. The van der Waals surface area contributed by atoms with Crippen molar-refractivity contribution in [1.82, 2.24) is 0 Å². The van der Waals surface area contributed by atoms with Gasteiger partial charge in [0.25, 0.3) is 0 Å². The normalized spacial score (nSPS) is 20.6. The van der Waals surface area contributed by atoms with E-state index in [2.05, 4.69) is 0 Å². The maximum Gasteiger partial charge on any atom is 0.247 e. The van der Waals surface area contributed by atoms with Crippen LogP contribution in [0.25, 0.3) is 0 Å². The third-order valence-corrected chi connectivity index (χ3v) is 4.49. The minimum Gasteiger partial charge on any atom is -0.279 e. The topological polar surface area (TPSA) is 17.1 Å². The van der Waals surface area contributed by atoms with Crippen LogP contribution in [-0.4, -0.2) is 5.24 Å². The standard InChI is InChI=1S/C13H14Cl2O/c14-12(16)13(15,11-8-4-5-9-11)10-6-2-1-3-7-10/h1-3,6-7,11H,4-5,8-9H2/t13-/m1/s1. The van der Waals surface area contributed by atoms with E-state index in [0.29, 0.717) is 0 Å². The predicted molar refractivity (Wildman–Crippen MR) is 66.8 cm³/mol. The molecule has 0 bridgehead atoms. The van der Waals surface area contributed by atoms with Gasteiger partial charge in [-0.2, -0.15) is 0 Å². The van der Waals surface area contributed by atoms with Gasteiger partial charge >= 0.3 is 0 Å². The molecule has 0 spiro atoms. The van der Waals surface area contributed by atoms with Crippen molar-refractivity contribution >= 4 is 28.4 Å². The average Bonchev–Trinajstić information content (AvgIpc) is 2.82. The molecule has 0 radical (unpaired) electrons. The zero-order valence-electron chi connectivity index (χ0n) is 8.96. The molecule has 1 aromatic rings. The van der Waals surface area contributed by atoms with E-state index >= 15 is 0 Å². The summed E-state index contributed by atoms with van der Waals surface area (Å²) in [5, 5.41) is -0.452. The number of carbonyl (C=O) groups is 1. The maximum absolute atomic E-state index is 11.7. The Morgan fingerprint density at radius 2 is 1.75 bits per heavy atom. The molecule has 3 heteroatoms. The summed E-state index contributed by atoms with van der Waals surface area (Å²) in [6.45, 7) is 0. The maximum atomic E-state index is 11.7. The first-order valence-electron chi connectivity index (χ1n) is 5.60. The van der Waals surface area contributed by atoms with Crippen molar-refractivity contribution in [3.63, 3.8) is 0 Å². The van der Waals surface area contributed by atoms with E-state index in [1.54, 1.807) is 0 Å². The summed E-state index contributed by atoms with van der Waals surface area (Å²) in [7, 11) is 0. The highest BCUT2D eigenvalue weighted by molar-refractivity contribution is 6.70. The summed E-state index contributed by atoms with van der Waals surface area (Å²) < 4.78 is 0. The highest BCUT2D eigenvalue weighted by atomic mass is 35.5. The fraction of sp³-hybridized carbons (Fsp3) is 0.462. The number of hydrogen-bond acceptors (Lipinski definition) is 1. The van der Waals surface area contributed by atoms with E-state index in [1.807, 2.05) is 30.3 Å². The summed E-state index contributed by atoms with van der Waals surface area (Å²) >= 11 is 12.3. The Morgan fingerprint density at radius 1 is 1.19 bits per heavy atom. The molecule has 86 valence electrons. The molecule has 0 N–H and O–H groups in total. The Bertz CT molecular complexity index is 371. The van der Waals surface area contributed by atoms with Crippen molar-refractivity contribution in [2.45, 2.75) is 30.6 Å². The zero-order valence-corrected chi connectivity index (χ0v) is 10.5. The van der Waals surface area contributed by atoms with Crippen LogP contribution in [0, 0.1) is 5.92 Å². The molecule has 1 aromatic carbocycles. The third kappa shape index (κ3) is 1.99. The summed E-state index contributed by atoms with van der Waals surface area (Å²) in [6, 6.07) is 9.45. The van der Waals surface area contributed by atoms with Gasteiger partial charge in [0.05, 0.1) is 0 Å². The number of alkyl halides is 1. The number of hydrogen-bond donors (Lipinski definition) is 0. The van der Waals surface area contributed by atoms with Crippen molar-refractivity contribution in [2.75, 3.05) is 0 Å². The Balaban J connectivity index is 2.39. The lowest BCUT2D eigenvalue weighted by molar-refractivity contribution is -0.115. The van der Waals surface area contributed by atoms with Gasteiger partial charge < -0.3 is 0 Å². The first-order valence-corrected chi connectivity index (χ1v) is 6.35. The van der Waals surface area contributed by atoms with Gasteiger partial charge in [0.2, 0.25) is 5.24 Å². The fourth-order valence-corrected chi connectivity index (χ4v) is 3.12. The van der Waals surface area contributed by atoms with Crippen LogP contribution in [0.2, 0.25) is 0 Å². The monoisotopic (exact) mass is 256 g/mol. The molecule has 0 heterocycles. The lowest BCUT2D eigenvalue weighted by atomic mass is 9.85. The van der Waals surface area contributed by atoms with Crippen molar-refractivity contribution in [1.29, 1.82) is 0 Å². The molecule has 1 aliphatic carbocycles. The molecule has 1 fully saturated rings. The van der Waals surface area contributed by atoms with E-state index in [0.717, 1.165) is 31.2 Å². The van der Waals surface area contributed by atoms with Gasteiger partial charge in [0.1, 0.15) is 4.87 Å². The van der Waals surface area contributed by atoms with Gasteiger partial charge in [-0.3, -0.25) is 4.79 Å². The summed E-state index contributed by atoms with van der Waals surface area (Å²) in [5.74, 6) is 0.168. The second-order valence-electron chi connectivity index (χ2n) is 4.33. The number of halogens is 2. The number of carbonyl (C=O) groups excluding carboxylic acids is 1. The second kappa shape index (κ2) is 4.77. The molecule has 0 unspecified atom stereocenters. The van der Waals surface area contributed by atoms with E-state index in [4.69, 9.17) is 23.2 Å². The molecule has 0 aliphatic heterocycles. The SMILES string of the molecule is O=C(Cl)[C@@](Cl)(c1ccccc1)C1CCCC1. The van der Waals surface area contributed by atoms with Gasteiger partial charge in [-0.1, -0.05) is 43.2 Å². The first-order chi connectivity index (χ1) is 7.65. The van der Waals surface area contributed by atoms with E-state index in [-0.39, 0.29) is 5.92 Å². The smallest absolute Gasteiger partial charge is 0.247 e. The lowest BCUT2D eigenvalue weighted by Gasteiger charge is -2.29. The van der Waals surface area contributed by atoms with E-state index < -0.39 is 10.1 Å². The molecule has 1 nitrogen and oxygen atoms in total. The second-order valence-corrected chi connectivity index (χ2v) is 5.27. The van der Waals surface area contributed by atoms with Gasteiger partial charge in [0.15, 0.2) is 0 Å². The number of rotatable bonds is 3. The van der Waals surface area contributed by atoms with Crippen LogP contribution in [0.5, 0.6) is 0 Å². The lowest BCUT2D eigenvalue weighted by Crippen LogP contribution is -2.33. The molecule has 1 aliphatic rings. The molecule has 0 aromatic heterocycles. The fourth-order valence-electron chi connectivity index (χ4n) is 2.51. The average molecular weight is 257 g/mol. The van der Waals surface area contributed by atoms with Gasteiger partial charge in [-0.25, -0.2) is 0 Å². The minimum atomic E-state index is -1.03. The van der Waals surface area contributed by atoms with Gasteiger partial charge in [-0.15, -0.1) is 11.6 Å². The summed E-state index contributed by atoms with van der Waals surface area (Å²) in [5.41, 5.74) is 0.823. The quantitative estimate of drug-likeness (QED) is 0.589. The Morgan fingerprint density at radius 3 is 2.25 bits per heavy atom. The highest BCUT2D eigenvalue weighted by Gasteiger charge is 2.45. The highest BCUT2D eigenvalue weighted by Crippen LogP contribution is 2.46. The molecule has 16 heavy (non-hydrogen) atoms. The predicted octanol–water partition coefficient (Wildman–Crippen LogP) is 4.08. The molecule has 0 saturated heterocycles. The third-order valence-electron chi connectivity index (χ3n) is 3.40. The summed E-state index contributed by atoms with van der Waals surface area (Å²) in [6.07, 6.45) is 4.24. The van der Waals surface area contributed by atoms with E-state index in [9.17, 15) is 4.79 Å². The molecular weight excluding hydrogens is 243 g/mol. The van der Waals surface area contributed by atoms with Crippen molar-refractivity contribution < 1.29 is 4.79 Å². The molecule has 2 rings (SSSR count). The zero-order chi connectivity index (χ0) is 11.6. The van der Waals surface area contributed by atoms with Crippen LogP contribution in [-0.2, 0) is 9.67 Å². The summed E-state index contributed by atoms with van der Waals surface area (Å²) in [4.78, 5) is 10.7. The number of benzene rings is 1. The van der Waals surface area contributed by atoms with E-state index in [1.165, 1.54) is 0 Å². The van der Waals surface area contributed by atoms with Crippen LogP contribution in [0.1, 0.15) is 31.2 Å². The van der Waals surface area contributed by atoms with Crippen molar-refractivity contribution in [2.24, 2.45) is 5.92 Å². The molecule has 1 saturated carbocycles. The van der Waals surface area contributed by atoms with Crippen LogP contribution in [0.3, 0.4) is 0 Å². The van der Waals surface area contributed by atoms with Crippen LogP contribution >= 0.6 is 23.2 Å². The Kier molecular flexibility index (Phi) is 3.56. The van der Waals surface area contributed by atoms with Crippen LogP contribution in [0.4, 0.5) is 0 Å². The Labute approximate surface area is 106 Å². The molecule has 1 atom stereocenters. The van der Waals surface area contributed by atoms with Crippen LogP contribution in [0.15, 0.2) is 30.3 Å². The Hall–Kier alpha value is -0.530. The van der Waals surface area contributed by atoms with Crippen molar-refractivity contribution in [3.8, 4) is 0 Å². The van der Waals surface area contributed by atoms with Crippen molar-refractivity contribution in [3.05, 3.63) is 35.9 Å².